The van der Waals surface area contributed by atoms with Gasteiger partial charge in [0, 0.05) is 32.8 Å². The Labute approximate surface area is 148 Å². The highest BCUT2D eigenvalue weighted by atomic mass is 35.5. The lowest BCUT2D eigenvalue weighted by Gasteiger charge is -2.22. The molecule has 0 fully saturated rings. The van der Waals surface area contributed by atoms with Crippen molar-refractivity contribution in [1.82, 2.24) is 15.5 Å². The van der Waals surface area contributed by atoms with E-state index in [1.807, 2.05) is 24.1 Å². The highest BCUT2D eigenvalue weighted by Crippen LogP contribution is 2.15. The van der Waals surface area contributed by atoms with Gasteiger partial charge in [-0.2, -0.15) is 0 Å². The summed E-state index contributed by atoms with van der Waals surface area (Å²) in [5, 5.41) is 6.41. The predicted octanol–water partition coefficient (Wildman–Crippen LogP) is 0.989. The van der Waals surface area contributed by atoms with Gasteiger partial charge in [0.2, 0.25) is 5.91 Å². The molecule has 7 nitrogen and oxygen atoms in total. The molecule has 0 spiro atoms. The van der Waals surface area contributed by atoms with E-state index in [9.17, 15) is 4.79 Å². The predicted molar refractivity (Wildman–Crippen MR) is 95.8 cm³/mol. The number of carbonyl (C=O) groups excluding carboxylic acids is 1. The van der Waals surface area contributed by atoms with E-state index in [2.05, 4.69) is 15.6 Å². The van der Waals surface area contributed by atoms with Crippen molar-refractivity contribution in [2.75, 3.05) is 54.1 Å². The van der Waals surface area contributed by atoms with Gasteiger partial charge in [0.15, 0.2) is 5.96 Å². The Bertz CT molecular complexity index is 523. The number of carbonyl (C=O) groups is 1. The molecule has 0 aliphatic heterocycles. The fraction of sp³-hybridized carbons (Fsp3) is 0.500. The molecule has 1 amide bonds. The van der Waals surface area contributed by atoms with E-state index < -0.39 is 0 Å². The number of hydrogen-bond acceptors (Lipinski definition) is 4. The Hall–Kier alpha value is -1.99. The molecule has 1 aromatic carbocycles. The highest BCUT2D eigenvalue weighted by molar-refractivity contribution is 6.30. The average Bonchev–Trinajstić information content (AvgIpc) is 2.57. The van der Waals surface area contributed by atoms with E-state index >= 15 is 0 Å². The van der Waals surface area contributed by atoms with E-state index in [0.29, 0.717) is 37.3 Å². The van der Waals surface area contributed by atoms with Crippen molar-refractivity contribution in [3.8, 4) is 5.75 Å². The number of nitrogens with zero attached hydrogens (tertiary/aromatic N) is 2. The summed E-state index contributed by atoms with van der Waals surface area (Å²) in [6.07, 6.45) is 0. The first kappa shape index (κ1) is 20.1. The normalized spacial score (nSPS) is 11.1. The molecule has 0 heterocycles. The SMILES string of the molecule is CN=C(NCC(=O)NCCOC)N(C)CCOc1ccc(Cl)cc1. The molecule has 1 rings (SSSR count). The van der Waals surface area contributed by atoms with Crippen LogP contribution in [0.4, 0.5) is 0 Å². The van der Waals surface area contributed by atoms with Crippen molar-refractivity contribution in [2.45, 2.75) is 0 Å². The molecule has 0 bridgehead atoms. The van der Waals surface area contributed by atoms with Crippen LogP contribution in [-0.4, -0.2) is 70.8 Å². The second-order valence-electron chi connectivity index (χ2n) is 4.97. The van der Waals surface area contributed by atoms with Crippen molar-refractivity contribution in [2.24, 2.45) is 4.99 Å². The van der Waals surface area contributed by atoms with Crippen molar-refractivity contribution in [3.63, 3.8) is 0 Å². The number of nitrogens with one attached hydrogen (secondary N) is 2. The summed E-state index contributed by atoms with van der Waals surface area (Å²) < 4.78 is 10.5. The lowest BCUT2D eigenvalue weighted by molar-refractivity contribution is -0.120. The summed E-state index contributed by atoms with van der Waals surface area (Å²) in [6, 6.07) is 7.20. The number of ether oxygens (including phenoxy) is 2. The minimum atomic E-state index is -0.112. The van der Waals surface area contributed by atoms with Gasteiger partial charge < -0.3 is 25.0 Å². The van der Waals surface area contributed by atoms with Gasteiger partial charge in [0.25, 0.3) is 0 Å². The number of aliphatic imine (C=N–C) groups is 1. The maximum atomic E-state index is 11.6. The van der Waals surface area contributed by atoms with Crippen LogP contribution in [0, 0.1) is 0 Å². The second kappa shape index (κ2) is 11.5. The fourth-order valence-electron chi connectivity index (χ4n) is 1.84. The summed E-state index contributed by atoms with van der Waals surface area (Å²) in [4.78, 5) is 17.7. The number of amides is 1. The molecule has 1 aromatic rings. The van der Waals surface area contributed by atoms with Gasteiger partial charge in [-0.05, 0) is 24.3 Å². The van der Waals surface area contributed by atoms with Crippen LogP contribution in [0.2, 0.25) is 5.02 Å². The third kappa shape index (κ3) is 8.03. The zero-order valence-corrected chi connectivity index (χ0v) is 15.1. The van der Waals surface area contributed by atoms with E-state index in [-0.39, 0.29) is 12.5 Å². The van der Waals surface area contributed by atoms with Crippen LogP contribution in [0.15, 0.2) is 29.3 Å². The number of likely N-dealkylation sites (N-methyl/N-ethyl adjacent to an activating group) is 1. The molecular weight excluding hydrogens is 332 g/mol. The van der Waals surface area contributed by atoms with Crippen LogP contribution in [0.5, 0.6) is 5.75 Å². The zero-order valence-electron chi connectivity index (χ0n) is 14.3. The maximum absolute atomic E-state index is 11.6. The van der Waals surface area contributed by atoms with Crippen LogP contribution in [0.1, 0.15) is 0 Å². The van der Waals surface area contributed by atoms with Gasteiger partial charge in [0.1, 0.15) is 12.4 Å². The zero-order chi connectivity index (χ0) is 17.8. The van der Waals surface area contributed by atoms with Gasteiger partial charge in [0.05, 0.1) is 19.7 Å². The van der Waals surface area contributed by atoms with Gasteiger partial charge in [-0.15, -0.1) is 0 Å². The third-order valence-corrected chi connectivity index (χ3v) is 3.37. The molecule has 8 heteroatoms. The minimum Gasteiger partial charge on any atom is -0.492 e. The number of methoxy groups -OCH3 is 1. The minimum absolute atomic E-state index is 0.112. The molecule has 134 valence electrons. The maximum Gasteiger partial charge on any atom is 0.239 e. The monoisotopic (exact) mass is 356 g/mol. The van der Waals surface area contributed by atoms with Crippen LogP contribution in [-0.2, 0) is 9.53 Å². The number of benzene rings is 1. The van der Waals surface area contributed by atoms with Gasteiger partial charge >= 0.3 is 0 Å². The van der Waals surface area contributed by atoms with Gasteiger partial charge in [-0.1, -0.05) is 11.6 Å². The number of rotatable bonds is 9. The Morgan fingerprint density at radius 2 is 1.96 bits per heavy atom. The first-order chi connectivity index (χ1) is 11.6. The summed E-state index contributed by atoms with van der Waals surface area (Å²) in [5.41, 5.74) is 0. The summed E-state index contributed by atoms with van der Waals surface area (Å²) in [7, 11) is 5.14. The van der Waals surface area contributed by atoms with Crippen LogP contribution >= 0.6 is 11.6 Å². The van der Waals surface area contributed by atoms with E-state index in [1.165, 1.54) is 0 Å². The molecule has 0 saturated carbocycles. The highest BCUT2D eigenvalue weighted by Gasteiger charge is 2.08. The van der Waals surface area contributed by atoms with Crippen LogP contribution < -0.4 is 15.4 Å². The molecule has 24 heavy (non-hydrogen) atoms. The van der Waals surface area contributed by atoms with Crippen molar-refractivity contribution in [1.29, 1.82) is 0 Å². The quantitative estimate of drug-likeness (QED) is 0.392. The molecule has 0 radical (unpaired) electrons. The Morgan fingerprint density at radius 3 is 2.58 bits per heavy atom. The van der Waals surface area contributed by atoms with Crippen molar-refractivity contribution >= 4 is 23.5 Å². The molecule has 0 atom stereocenters. The summed E-state index contributed by atoms with van der Waals surface area (Å²) in [5.74, 6) is 1.27. The number of hydrogen-bond donors (Lipinski definition) is 2. The number of halogens is 1. The first-order valence-electron chi connectivity index (χ1n) is 7.62. The molecule has 0 unspecified atom stereocenters. The Kier molecular flexibility index (Phi) is 9.64. The smallest absolute Gasteiger partial charge is 0.239 e. The first-order valence-corrected chi connectivity index (χ1v) is 8.00. The largest absolute Gasteiger partial charge is 0.492 e. The molecular formula is C16H25ClN4O3. The van der Waals surface area contributed by atoms with Crippen LogP contribution in [0.25, 0.3) is 0 Å². The van der Waals surface area contributed by atoms with Gasteiger partial charge in [-0.3, -0.25) is 9.79 Å². The second-order valence-corrected chi connectivity index (χ2v) is 5.40. The van der Waals surface area contributed by atoms with E-state index in [0.717, 1.165) is 5.75 Å². The fourth-order valence-corrected chi connectivity index (χ4v) is 1.96. The number of guanidine groups is 1. The lowest BCUT2D eigenvalue weighted by atomic mass is 10.3. The molecule has 0 saturated heterocycles. The molecule has 0 aromatic heterocycles. The standard InChI is InChI=1S/C16H25ClN4O3/c1-18-16(20-12-15(22)19-8-10-23-3)21(2)9-11-24-14-6-4-13(17)5-7-14/h4-7H,8-12H2,1-3H3,(H,18,20)(H,19,22). The van der Waals surface area contributed by atoms with Crippen molar-refractivity contribution < 1.29 is 14.3 Å². The lowest BCUT2D eigenvalue weighted by Crippen LogP contribution is -2.45. The van der Waals surface area contributed by atoms with Crippen molar-refractivity contribution in [3.05, 3.63) is 29.3 Å². The Morgan fingerprint density at radius 1 is 1.25 bits per heavy atom. The topological polar surface area (TPSA) is 75.2 Å². The summed E-state index contributed by atoms with van der Waals surface area (Å²) in [6.45, 7) is 2.23. The van der Waals surface area contributed by atoms with Gasteiger partial charge in [-0.25, -0.2) is 0 Å². The summed E-state index contributed by atoms with van der Waals surface area (Å²) >= 11 is 5.83. The molecule has 2 N–H and O–H groups in total. The molecule has 0 aliphatic rings. The van der Waals surface area contributed by atoms with E-state index in [4.69, 9.17) is 21.1 Å². The Balaban J connectivity index is 2.29. The van der Waals surface area contributed by atoms with E-state index in [1.54, 1.807) is 26.3 Å². The average molecular weight is 357 g/mol. The molecule has 0 aliphatic carbocycles. The van der Waals surface area contributed by atoms with Crippen LogP contribution in [0.3, 0.4) is 0 Å². The third-order valence-electron chi connectivity index (χ3n) is 3.12.